The first-order chi connectivity index (χ1) is 14.6. The van der Waals surface area contributed by atoms with E-state index in [-0.39, 0.29) is 22.6 Å². The summed E-state index contributed by atoms with van der Waals surface area (Å²) in [5.41, 5.74) is 1.41. The average Bonchev–Trinajstić information content (AvgIpc) is 3.31. The molecule has 0 unspecified atom stereocenters. The van der Waals surface area contributed by atoms with Crippen LogP contribution in [0.4, 0.5) is 4.39 Å². The highest BCUT2D eigenvalue weighted by molar-refractivity contribution is 7.92. The summed E-state index contributed by atoms with van der Waals surface area (Å²) in [6.07, 6.45) is 1.24. The molecule has 1 N–H and O–H groups in total. The number of nitrogens with zero attached hydrogens (tertiary/aromatic N) is 1. The molecule has 0 bridgehead atoms. The summed E-state index contributed by atoms with van der Waals surface area (Å²) >= 11 is 13.2. The van der Waals surface area contributed by atoms with Crippen LogP contribution in [-0.2, 0) is 21.2 Å². The van der Waals surface area contributed by atoms with Crippen LogP contribution in [0.2, 0.25) is 10.0 Å². The fourth-order valence-corrected chi connectivity index (χ4v) is 6.59. The number of aryl methyl sites for hydroxylation is 1. The normalized spacial score (nSPS) is 11.8. The molecular formula is C21H14Cl2FNO4S2. The molecule has 2 aromatic carbocycles. The third kappa shape index (κ3) is 4.34. The van der Waals surface area contributed by atoms with Crippen LogP contribution < -0.4 is 0 Å². The number of hydrogen-bond acceptors (Lipinski definition) is 4. The maximum atomic E-state index is 13.8. The Kier molecular flexibility index (Phi) is 5.83. The van der Waals surface area contributed by atoms with Crippen LogP contribution in [0.15, 0.2) is 58.9 Å². The van der Waals surface area contributed by atoms with Crippen molar-refractivity contribution in [3.8, 4) is 10.4 Å². The van der Waals surface area contributed by atoms with E-state index in [2.05, 4.69) is 0 Å². The molecule has 4 aromatic rings. The molecule has 5 nitrogen and oxygen atoms in total. The van der Waals surface area contributed by atoms with Gasteiger partial charge in [0.25, 0.3) is 10.0 Å². The Balaban J connectivity index is 1.81. The van der Waals surface area contributed by atoms with Crippen LogP contribution in [0.5, 0.6) is 0 Å². The van der Waals surface area contributed by atoms with Gasteiger partial charge in [-0.3, -0.25) is 4.79 Å². The number of aliphatic carboxylic acids is 1. The minimum absolute atomic E-state index is 0.0737. The molecule has 10 heteroatoms. The Labute approximate surface area is 191 Å². The monoisotopic (exact) mass is 497 g/mol. The molecule has 2 heterocycles. The molecule has 2 aromatic heterocycles. The number of carboxylic acid groups (broad SMARTS) is 1. The highest BCUT2D eigenvalue weighted by Gasteiger charge is 2.24. The van der Waals surface area contributed by atoms with Gasteiger partial charge in [0.05, 0.1) is 5.52 Å². The lowest BCUT2D eigenvalue weighted by Crippen LogP contribution is -2.10. The molecule has 31 heavy (non-hydrogen) atoms. The Morgan fingerprint density at radius 2 is 1.77 bits per heavy atom. The highest BCUT2D eigenvalue weighted by atomic mass is 35.5. The third-order valence-electron chi connectivity index (χ3n) is 4.66. The fraction of sp³-hybridized carbons (Fsp3) is 0.0952. The van der Waals surface area contributed by atoms with Crippen molar-refractivity contribution in [3.05, 3.63) is 76.2 Å². The summed E-state index contributed by atoms with van der Waals surface area (Å²) in [7, 11) is -4.00. The number of carboxylic acids is 1. The number of fused-ring (bicyclic) bond motifs is 1. The first kappa shape index (κ1) is 21.8. The molecule has 160 valence electrons. The second kappa shape index (κ2) is 8.27. The maximum absolute atomic E-state index is 13.8. The predicted molar refractivity (Wildman–Crippen MR) is 120 cm³/mol. The van der Waals surface area contributed by atoms with E-state index < -0.39 is 21.8 Å². The maximum Gasteiger partial charge on any atom is 0.303 e. The van der Waals surface area contributed by atoms with Gasteiger partial charge in [-0.2, -0.15) is 8.42 Å². The molecule has 0 saturated carbocycles. The standard InChI is InChI=1S/C21H14Cl2FNO4S2/c22-14-7-13(8-15(23)9-14)19-4-6-21(30-19)31(28,29)25-11-12(1-5-20(26)27)17-10-16(24)2-3-18(17)25/h2-4,6-11H,1,5H2,(H,26,27). The molecule has 0 aliphatic heterocycles. The van der Waals surface area contributed by atoms with Crippen LogP contribution in [0.25, 0.3) is 21.3 Å². The van der Waals surface area contributed by atoms with Gasteiger partial charge in [0.1, 0.15) is 10.0 Å². The van der Waals surface area contributed by atoms with Crippen molar-refractivity contribution in [1.29, 1.82) is 0 Å². The van der Waals surface area contributed by atoms with Gasteiger partial charge in [0.15, 0.2) is 0 Å². The Morgan fingerprint density at radius 1 is 1.06 bits per heavy atom. The summed E-state index contributed by atoms with van der Waals surface area (Å²) < 4.78 is 41.7. The zero-order valence-corrected chi connectivity index (χ0v) is 18.8. The minimum Gasteiger partial charge on any atom is -0.481 e. The lowest BCUT2D eigenvalue weighted by atomic mass is 10.1. The molecule has 0 amide bonds. The highest BCUT2D eigenvalue weighted by Crippen LogP contribution is 2.36. The largest absolute Gasteiger partial charge is 0.481 e. The lowest BCUT2D eigenvalue weighted by molar-refractivity contribution is -0.136. The van der Waals surface area contributed by atoms with E-state index in [1.54, 1.807) is 24.3 Å². The van der Waals surface area contributed by atoms with Gasteiger partial charge >= 0.3 is 5.97 Å². The van der Waals surface area contributed by atoms with Gasteiger partial charge in [0, 0.05) is 32.9 Å². The zero-order chi connectivity index (χ0) is 22.3. The first-order valence-corrected chi connectivity index (χ1v) is 12.0. The van der Waals surface area contributed by atoms with Crippen molar-refractivity contribution in [2.75, 3.05) is 0 Å². The first-order valence-electron chi connectivity index (χ1n) is 8.98. The smallest absolute Gasteiger partial charge is 0.303 e. The summed E-state index contributed by atoms with van der Waals surface area (Å²) in [5, 5.41) is 10.2. The number of benzene rings is 2. The Morgan fingerprint density at radius 3 is 2.45 bits per heavy atom. The van der Waals surface area contributed by atoms with E-state index in [1.165, 1.54) is 30.5 Å². The number of aromatic nitrogens is 1. The number of halogens is 3. The summed E-state index contributed by atoms with van der Waals surface area (Å²) in [5.74, 6) is -1.56. The summed E-state index contributed by atoms with van der Waals surface area (Å²) in [6, 6.07) is 11.9. The Bertz CT molecular complexity index is 1410. The van der Waals surface area contributed by atoms with E-state index in [4.69, 9.17) is 28.3 Å². The number of carbonyl (C=O) groups is 1. The number of hydrogen-bond donors (Lipinski definition) is 1. The van der Waals surface area contributed by atoms with Gasteiger partial charge in [-0.1, -0.05) is 23.2 Å². The van der Waals surface area contributed by atoms with Crippen LogP contribution in [0.1, 0.15) is 12.0 Å². The molecule has 0 aliphatic carbocycles. The number of thiophene rings is 1. The molecule has 0 aliphatic rings. The van der Waals surface area contributed by atoms with E-state index in [0.29, 0.717) is 31.4 Å². The molecule has 0 fully saturated rings. The third-order valence-corrected chi connectivity index (χ3v) is 8.38. The lowest BCUT2D eigenvalue weighted by Gasteiger charge is -2.05. The van der Waals surface area contributed by atoms with Crippen molar-refractivity contribution in [2.45, 2.75) is 17.1 Å². The zero-order valence-electron chi connectivity index (χ0n) is 15.7. The van der Waals surface area contributed by atoms with Crippen molar-refractivity contribution >= 4 is 61.4 Å². The van der Waals surface area contributed by atoms with Gasteiger partial charge in [-0.25, -0.2) is 8.36 Å². The van der Waals surface area contributed by atoms with Crippen molar-refractivity contribution in [1.82, 2.24) is 3.97 Å². The second-order valence-corrected chi connectivity index (χ2v) is 10.8. The van der Waals surface area contributed by atoms with Gasteiger partial charge in [-0.05, 0) is 66.1 Å². The Hall–Kier alpha value is -2.39. The molecule has 0 radical (unpaired) electrons. The van der Waals surface area contributed by atoms with Gasteiger partial charge in [-0.15, -0.1) is 11.3 Å². The number of rotatable bonds is 6. The van der Waals surface area contributed by atoms with E-state index in [9.17, 15) is 17.6 Å². The second-order valence-electron chi connectivity index (χ2n) is 6.79. The van der Waals surface area contributed by atoms with Crippen LogP contribution >= 0.6 is 34.5 Å². The molecule has 4 rings (SSSR count). The topological polar surface area (TPSA) is 76.4 Å². The van der Waals surface area contributed by atoms with E-state index in [0.717, 1.165) is 15.3 Å². The van der Waals surface area contributed by atoms with E-state index in [1.807, 2.05) is 0 Å². The molecule has 0 atom stereocenters. The van der Waals surface area contributed by atoms with Crippen LogP contribution in [-0.4, -0.2) is 23.5 Å². The van der Waals surface area contributed by atoms with E-state index >= 15 is 0 Å². The van der Waals surface area contributed by atoms with Crippen molar-refractivity contribution in [2.24, 2.45) is 0 Å². The quantitative estimate of drug-likeness (QED) is 0.350. The summed E-state index contributed by atoms with van der Waals surface area (Å²) in [6.45, 7) is 0. The van der Waals surface area contributed by atoms with Gasteiger partial charge < -0.3 is 5.11 Å². The summed E-state index contributed by atoms with van der Waals surface area (Å²) in [4.78, 5) is 11.6. The van der Waals surface area contributed by atoms with Gasteiger partial charge in [0.2, 0.25) is 0 Å². The fourth-order valence-electron chi connectivity index (χ4n) is 3.28. The minimum atomic E-state index is -4.00. The molecule has 0 saturated heterocycles. The van der Waals surface area contributed by atoms with Crippen LogP contribution in [0, 0.1) is 5.82 Å². The van der Waals surface area contributed by atoms with Crippen molar-refractivity contribution in [3.63, 3.8) is 0 Å². The average molecular weight is 498 g/mol. The predicted octanol–water partition coefficient (Wildman–Crippen LogP) is 6.07. The van der Waals surface area contributed by atoms with Crippen molar-refractivity contribution < 1.29 is 22.7 Å². The van der Waals surface area contributed by atoms with Crippen LogP contribution in [0.3, 0.4) is 0 Å². The SMILES string of the molecule is O=C(O)CCc1cn(S(=O)(=O)c2ccc(-c3cc(Cl)cc(Cl)c3)s2)c2ccc(F)cc12. The molecular weight excluding hydrogens is 484 g/mol. The molecule has 0 spiro atoms.